The molecule has 3 N–H and O–H groups in total. The fourth-order valence-corrected chi connectivity index (χ4v) is 4.06. The van der Waals surface area contributed by atoms with Crippen LogP contribution in [0, 0.1) is 12.7 Å². The van der Waals surface area contributed by atoms with E-state index in [0.29, 0.717) is 11.5 Å². The van der Waals surface area contributed by atoms with Crippen LogP contribution >= 0.6 is 0 Å². The van der Waals surface area contributed by atoms with Gasteiger partial charge in [-0.15, -0.1) is 0 Å². The Bertz CT molecular complexity index is 1040. The highest BCUT2D eigenvalue weighted by Crippen LogP contribution is 2.41. The first-order valence-electron chi connectivity index (χ1n) is 10.1. The molecule has 0 bridgehead atoms. The second kappa shape index (κ2) is 8.57. The minimum atomic E-state index is -0.180. The average molecular weight is 407 g/mol. The summed E-state index contributed by atoms with van der Waals surface area (Å²) in [4.78, 5) is 8.60. The van der Waals surface area contributed by atoms with Crippen LogP contribution in [0.5, 0.6) is 5.75 Å². The summed E-state index contributed by atoms with van der Waals surface area (Å²) in [5.74, 6) is 2.22. The summed E-state index contributed by atoms with van der Waals surface area (Å²) in [6.45, 7) is 4.86. The number of hydrogen-bond acceptors (Lipinski definition) is 6. The number of para-hydroxylation sites is 2. The fourth-order valence-electron chi connectivity index (χ4n) is 4.06. The maximum Gasteiger partial charge on any atom is 0.146 e. The van der Waals surface area contributed by atoms with Gasteiger partial charge in [-0.25, -0.2) is 14.4 Å². The standard InChI is InChI=1S/C23H26FN5O/c1-14-8-9-17(24)23-22(14)16(15(2)28-23)10-11-25-20-12-21(27-13-26-20)29-18-6-4-5-7-19(18)30-3/h4-9,12-13,15-16,28H,10-11H2,1-3H3,(H2,25,26,27,29). The van der Waals surface area contributed by atoms with Crippen LogP contribution in [0.3, 0.4) is 0 Å². The van der Waals surface area contributed by atoms with Gasteiger partial charge in [0, 0.05) is 24.6 Å². The Morgan fingerprint density at radius 2 is 1.93 bits per heavy atom. The second-order valence-electron chi connectivity index (χ2n) is 7.52. The first-order chi connectivity index (χ1) is 14.6. The van der Waals surface area contributed by atoms with E-state index in [-0.39, 0.29) is 17.8 Å². The molecule has 6 nitrogen and oxygen atoms in total. The summed E-state index contributed by atoms with van der Waals surface area (Å²) in [6, 6.07) is 13.1. The summed E-state index contributed by atoms with van der Waals surface area (Å²) in [5, 5.41) is 9.93. The SMILES string of the molecule is COc1ccccc1Nc1cc(NCCC2c3c(C)ccc(F)c3NC2C)ncn1. The largest absolute Gasteiger partial charge is 0.495 e. The molecule has 2 unspecified atom stereocenters. The van der Waals surface area contributed by atoms with Crippen molar-refractivity contribution in [2.24, 2.45) is 0 Å². The first kappa shape index (κ1) is 19.9. The molecule has 4 rings (SSSR count). The summed E-state index contributed by atoms with van der Waals surface area (Å²) in [7, 11) is 1.64. The molecule has 1 aromatic heterocycles. The number of aryl methyl sites for hydroxylation is 1. The first-order valence-corrected chi connectivity index (χ1v) is 10.1. The molecule has 1 aliphatic rings. The van der Waals surface area contributed by atoms with E-state index in [9.17, 15) is 4.39 Å². The quantitative estimate of drug-likeness (QED) is 0.508. The van der Waals surface area contributed by atoms with E-state index in [1.54, 1.807) is 7.11 Å². The molecule has 3 aromatic rings. The number of anilines is 4. The van der Waals surface area contributed by atoms with Gasteiger partial charge in [-0.3, -0.25) is 0 Å². The minimum absolute atomic E-state index is 0.180. The van der Waals surface area contributed by atoms with Crippen LogP contribution in [-0.4, -0.2) is 29.7 Å². The predicted molar refractivity (Wildman–Crippen MR) is 118 cm³/mol. The maximum absolute atomic E-state index is 14.2. The molecule has 2 aromatic carbocycles. The van der Waals surface area contributed by atoms with Gasteiger partial charge in [0.05, 0.1) is 18.5 Å². The highest BCUT2D eigenvalue weighted by Gasteiger charge is 2.32. The van der Waals surface area contributed by atoms with E-state index >= 15 is 0 Å². The van der Waals surface area contributed by atoms with Gasteiger partial charge < -0.3 is 20.7 Å². The van der Waals surface area contributed by atoms with Crippen LogP contribution in [0.2, 0.25) is 0 Å². The molecule has 0 radical (unpaired) electrons. The van der Waals surface area contributed by atoms with Gasteiger partial charge in [0.15, 0.2) is 0 Å². The molecule has 1 aliphatic heterocycles. The second-order valence-corrected chi connectivity index (χ2v) is 7.52. The lowest BCUT2D eigenvalue weighted by molar-refractivity contribution is 0.417. The number of hydrogen-bond donors (Lipinski definition) is 3. The smallest absolute Gasteiger partial charge is 0.146 e. The third-order valence-electron chi connectivity index (χ3n) is 5.56. The monoisotopic (exact) mass is 407 g/mol. The lowest BCUT2D eigenvalue weighted by atomic mass is 9.89. The maximum atomic E-state index is 14.2. The van der Waals surface area contributed by atoms with Crippen molar-refractivity contribution in [3.63, 3.8) is 0 Å². The van der Waals surface area contributed by atoms with E-state index in [4.69, 9.17) is 4.74 Å². The van der Waals surface area contributed by atoms with Crippen molar-refractivity contribution in [3.8, 4) is 5.75 Å². The van der Waals surface area contributed by atoms with Crippen molar-refractivity contribution in [3.05, 3.63) is 65.7 Å². The Labute approximate surface area is 175 Å². The van der Waals surface area contributed by atoms with Crippen LogP contribution in [-0.2, 0) is 0 Å². The molecular formula is C23H26FN5O. The number of halogens is 1. The molecule has 7 heteroatoms. The van der Waals surface area contributed by atoms with E-state index in [1.165, 1.54) is 12.4 Å². The third kappa shape index (κ3) is 4.01. The minimum Gasteiger partial charge on any atom is -0.495 e. The number of nitrogens with one attached hydrogen (secondary N) is 3. The number of nitrogens with zero attached hydrogens (tertiary/aromatic N) is 2. The highest BCUT2D eigenvalue weighted by molar-refractivity contribution is 5.65. The van der Waals surface area contributed by atoms with Gasteiger partial charge in [-0.1, -0.05) is 18.2 Å². The lowest BCUT2D eigenvalue weighted by Crippen LogP contribution is -2.19. The Balaban J connectivity index is 1.41. The van der Waals surface area contributed by atoms with Gasteiger partial charge in [0.25, 0.3) is 0 Å². The van der Waals surface area contributed by atoms with E-state index in [0.717, 1.165) is 41.3 Å². The number of fused-ring (bicyclic) bond motifs is 1. The average Bonchev–Trinajstić information content (AvgIpc) is 3.09. The summed E-state index contributed by atoms with van der Waals surface area (Å²) in [6.07, 6.45) is 2.39. The van der Waals surface area contributed by atoms with Crippen molar-refractivity contribution in [1.82, 2.24) is 9.97 Å². The van der Waals surface area contributed by atoms with Crippen molar-refractivity contribution in [2.75, 3.05) is 29.6 Å². The lowest BCUT2D eigenvalue weighted by Gasteiger charge is -2.18. The summed E-state index contributed by atoms with van der Waals surface area (Å²) >= 11 is 0. The molecule has 0 amide bonds. The zero-order valence-corrected chi connectivity index (χ0v) is 17.4. The Morgan fingerprint density at radius 1 is 1.13 bits per heavy atom. The van der Waals surface area contributed by atoms with Gasteiger partial charge >= 0.3 is 0 Å². The fraction of sp³-hybridized carbons (Fsp3) is 0.304. The Kier molecular flexibility index (Phi) is 5.70. The van der Waals surface area contributed by atoms with Crippen LogP contribution in [0.4, 0.5) is 27.4 Å². The summed E-state index contributed by atoms with van der Waals surface area (Å²) in [5.41, 5.74) is 3.70. The van der Waals surface area contributed by atoms with Gasteiger partial charge in [-0.05, 0) is 49.6 Å². The normalized spacial score (nSPS) is 17.2. The Hall–Kier alpha value is -3.35. The topological polar surface area (TPSA) is 71.1 Å². The molecule has 0 saturated carbocycles. The van der Waals surface area contributed by atoms with Crippen molar-refractivity contribution in [1.29, 1.82) is 0 Å². The van der Waals surface area contributed by atoms with Gasteiger partial charge in [0.1, 0.15) is 29.5 Å². The van der Waals surface area contributed by atoms with Crippen LogP contribution < -0.4 is 20.7 Å². The number of methoxy groups -OCH3 is 1. The number of ether oxygens (including phenoxy) is 1. The Morgan fingerprint density at radius 3 is 2.77 bits per heavy atom. The molecule has 0 aliphatic carbocycles. The predicted octanol–water partition coefficient (Wildman–Crippen LogP) is 5.08. The molecule has 0 fully saturated rings. The molecular weight excluding hydrogens is 381 g/mol. The number of benzene rings is 2. The number of rotatable bonds is 7. The molecule has 30 heavy (non-hydrogen) atoms. The van der Waals surface area contributed by atoms with Crippen LogP contribution in [0.25, 0.3) is 0 Å². The number of aromatic nitrogens is 2. The van der Waals surface area contributed by atoms with Crippen LogP contribution in [0.15, 0.2) is 48.8 Å². The molecule has 2 atom stereocenters. The van der Waals surface area contributed by atoms with Crippen molar-refractivity contribution >= 4 is 23.0 Å². The van der Waals surface area contributed by atoms with E-state index in [1.807, 2.05) is 43.3 Å². The third-order valence-corrected chi connectivity index (χ3v) is 5.56. The van der Waals surface area contributed by atoms with Crippen molar-refractivity contribution in [2.45, 2.75) is 32.2 Å². The van der Waals surface area contributed by atoms with Gasteiger partial charge in [-0.2, -0.15) is 0 Å². The zero-order chi connectivity index (χ0) is 21.1. The molecule has 0 saturated heterocycles. The molecule has 2 heterocycles. The van der Waals surface area contributed by atoms with Crippen LogP contribution in [0.1, 0.15) is 30.4 Å². The molecule has 156 valence electrons. The molecule has 0 spiro atoms. The highest BCUT2D eigenvalue weighted by atomic mass is 19.1. The zero-order valence-electron chi connectivity index (χ0n) is 17.4. The van der Waals surface area contributed by atoms with Gasteiger partial charge in [0.2, 0.25) is 0 Å². The van der Waals surface area contributed by atoms with E-state index < -0.39 is 0 Å². The van der Waals surface area contributed by atoms with Crippen molar-refractivity contribution < 1.29 is 9.13 Å². The van der Waals surface area contributed by atoms with E-state index in [2.05, 4.69) is 32.8 Å². The summed E-state index contributed by atoms with van der Waals surface area (Å²) < 4.78 is 19.5.